The van der Waals surface area contributed by atoms with Gasteiger partial charge in [-0.2, -0.15) is 0 Å². The first-order chi connectivity index (χ1) is 10.0. The van der Waals surface area contributed by atoms with Gasteiger partial charge >= 0.3 is 0 Å². The molecule has 0 fully saturated rings. The Morgan fingerprint density at radius 2 is 1.71 bits per heavy atom. The summed E-state index contributed by atoms with van der Waals surface area (Å²) in [6.07, 6.45) is 1.49. The minimum absolute atomic E-state index is 0.0260. The maximum atomic E-state index is 10.1. The van der Waals surface area contributed by atoms with Crippen LogP contribution < -0.4 is 0 Å². The number of hydrogen-bond acceptors (Lipinski definition) is 4. The number of aryl methyl sites for hydroxylation is 2. The summed E-state index contributed by atoms with van der Waals surface area (Å²) in [6.45, 7) is 4.01. The molecular formula is C17H15NO3. The van der Waals surface area contributed by atoms with Crippen molar-refractivity contribution in [3.05, 3.63) is 53.3 Å². The summed E-state index contributed by atoms with van der Waals surface area (Å²) < 4.78 is 5.50. The van der Waals surface area contributed by atoms with E-state index >= 15 is 0 Å². The van der Waals surface area contributed by atoms with Crippen molar-refractivity contribution in [2.24, 2.45) is 4.99 Å². The zero-order valence-corrected chi connectivity index (χ0v) is 11.8. The fraction of sp³-hybridized carbons (Fsp3) is 0.118. The Morgan fingerprint density at radius 1 is 1.00 bits per heavy atom. The molecule has 4 heteroatoms. The molecule has 1 heterocycles. The van der Waals surface area contributed by atoms with Gasteiger partial charge in [-0.1, -0.05) is 6.07 Å². The SMILES string of the molecule is Cc1cc(C)cc(N=Cc2oc3cc(O)ccc3c2O)c1. The number of benzene rings is 2. The smallest absolute Gasteiger partial charge is 0.188 e. The molecule has 0 saturated heterocycles. The molecule has 3 aromatic rings. The Kier molecular flexibility index (Phi) is 3.14. The average molecular weight is 281 g/mol. The van der Waals surface area contributed by atoms with Crippen LogP contribution in [-0.2, 0) is 0 Å². The highest BCUT2D eigenvalue weighted by molar-refractivity contribution is 5.95. The molecule has 106 valence electrons. The molecule has 4 nitrogen and oxygen atoms in total. The molecule has 21 heavy (non-hydrogen) atoms. The lowest BCUT2D eigenvalue weighted by Crippen LogP contribution is -1.79. The Hall–Kier alpha value is -2.75. The van der Waals surface area contributed by atoms with Gasteiger partial charge in [-0.05, 0) is 49.2 Å². The lowest BCUT2D eigenvalue weighted by molar-refractivity contribution is 0.461. The van der Waals surface area contributed by atoms with Crippen molar-refractivity contribution in [1.29, 1.82) is 0 Å². The second-order valence-corrected chi connectivity index (χ2v) is 5.10. The lowest BCUT2D eigenvalue weighted by atomic mass is 10.1. The van der Waals surface area contributed by atoms with Crippen molar-refractivity contribution in [3.63, 3.8) is 0 Å². The highest BCUT2D eigenvalue weighted by Crippen LogP contribution is 2.33. The van der Waals surface area contributed by atoms with Crippen LogP contribution in [-0.4, -0.2) is 16.4 Å². The number of aromatic hydroxyl groups is 2. The van der Waals surface area contributed by atoms with Gasteiger partial charge in [0, 0.05) is 6.07 Å². The number of phenols is 1. The molecule has 0 spiro atoms. The predicted molar refractivity (Wildman–Crippen MR) is 82.7 cm³/mol. The van der Waals surface area contributed by atoms with Gasteiger partial charge in [0.25, 0.3) is 0 Å². The van der Waals surface area contributed by atoms with Crippen LogP contribution in [0.1, 0.15) is 16.9 Å². The van der Waals surface area contributed by atoms with Crippen LogP contribution in [0.15, 0.2) is 45.8 Å². The number of aliphatic imine (C=N–C) groups is 1. The number of phenolic OH excluding ortho intramolecular Hbond substituents is 1. The monoisotopic (exact) mass is 281 g/mol. The minimum Gasteiger partial charge on any atom is -0.508 e. The summed E-state index contributed by atoms with van der Waals surface area (Å²) >= 11 is 0. The van der Waals surface area contributed by atoms with E-state index in [2.05, 4.69) is 11.1 Å². The van der Waals surface area contributed by atoms with E-state index in [9.17, 15) is 10.2 Å². The fourth-order valence-corrected chi connectivity index (χ4v) is 2.34. The highest BCUT2D eigenvalue weighted by atomic mass is 16.4. The van der Waals surface area contributed by atoms with E-state index in [0.717, 1.165) is 16.8 Å². The first-order valence-corrected chi connectivity index (χ1v) is 6.60. The number of furan rings is 1. The van der Waals surface area contributed by atoms with Gasteiger partial charge in [0.15, 0.2) is 11.5 Å². The third-order valence-electron chi connectivity index (χ3n) is 3.21. The molecule has 0 amide bonds. The zero-order chi connectivity index (χ0) is 15.0. The molecule has 0 aliphatic rings. The van der Waals surface area contributed by atoms with Crippen molar-refractivity contribution < 1.29 is 14.6 Å². The van der Waals surface area contributed by atoms with Gasteiger partial charge in [0.2, 0.25) is 0 Å². The van der Waals surface area contributed by atoms with Gasteiger partial charge < -0.3 is 14.6 Å². The number of nitrogens with zero attached hydrogens (tertiary/aromatic N) is 1. The molecule has 0 unspecified atom stereocenters. The molecule has 3 rings (SSSR count). The molecule has 0 aliphatic carbocycles. The molecule has 0 atom stereocenters. The third-order valence-corrected chi connectivity index (χ3v) is 3.21. The minimum atomic E-state index is 0.0260. The van der Waals surface area contributed by atoms with Crippen molar-refractivity contribution in [1.82, 2.24) is 0 Å². The summed E-state index contributed by atoms with van der Waals surface area (Å²) in [4.78, 5) is 4.34. The van der Waals surface area contributed by atoms with E-state index < -0.39 is 0 Å². The maximum absolute atomic E-state index is 10.1. The first-order valence-electron chi connectivity index (χ1n) is 6.60. The number of hydrogen-bond donors (Lipinski definition) is 2. The van der Waals surface area contributed by atoms with Gasteiger partial charge in [0.05, 0.1) is 17.3 Å². The van der Waals surface area contributed by atoms with E-state index in [1.165, 1.54) is 18.3 Å². The summed E-state index contributed by atoms with van der Waals surface area (Å²) in [5.74, 6) is 0.391. The summed E-state index contributed by atoms with van der Waals surface area (Å²) in [6, 6.07) is 10.5. The van der Waals surface area contributed by atoms with Crippen LogP contribution in [0, 0.1) is 13.8 Å². The van der Waals surface area contributed by atoms with Gasteiger partial charge in [-0.25, -0.2) is 0 Å². The van der Waals surface area contributed by atoms with Crippen molar-refractivity contribution >= 4 is 22.9 Å². The second kappa shape index (κ2) is 4.98. The second-order valence-electron chi connectivity index (χ2n) is 5.10. The van der Waals surface area contributed by atoms with Crippen molar-refractivity contribution in [2.75, 3.05) is 0 Å². The van der Waals surface area contributed by atoms with Gasteiger partial charge in [0.1, 0.15) is 11.3 Å². The normalized spacial score (nSPS) is 11.5. The van der Waals surface area contributed by atoms with E-state index in [-0.39, 0.29) is 17.3 Å². The molecule has 0 bridgehead atoms. The Bertz CT molecular complexity index is 826. The maximum Gasteiger partial charge on any atom is 0.188 e. The summed E-state index contributed by atoms with van der Waals surface area (Å²) in [5, 5.41) is 20.1. The summed E-state index contributed by atoms with van der Waals surface area (Å²) in [5.41, 5.74) is 3.48. The van der Waals surface area contributed by atoms with E-state index in [1.54, 1.807) is 6.07 Å². The zero-order valence-electron chi connectivity index (χ0n) is 11.8. The molecule has 0 aliphatic heterocycles. The molecule has 0 radical (unpaired) electrons. The predicted octanol–water partition coefficient (Wildman–Crippen LogP) is 4.21. The topological polar surface area (TPSA) is 66.0 Å². The quantitative estimate of drug-likeness (QED) is 0.691. The standard InChI is InChI=1S/C17H15NO3/c1-10-5-11(2)7-12(6-10)18-9-16-17(20)14-4-3-13(19)8-15(14)21-16/h3-9,19-20H,1-2H3. The average Bonchev–Trinajstić information content (AvgIpc) is 2.71. The molecule has 0 saturated carbocycles. The van der Waals surface area contributed by atoms with Crippen LogP contribution in [0.5, 0.6) is 11.5 Å². The fourth-order valence-electron chi connectivity index (χ4n) is 2.34. The Morgan fingerprint density at radius 3 is 2.43 bits per heavy atom. The Labute approximate surface area is 122 Å². The van der Waals surface area contributed by atoms with E-state index in [4.69, 9.17) is 4.42 Å². The van der Waals surface area contributed by atoms with Crippen molar-refractivity contribution in [3.8, 4) is 11.5 Å². The van der Waals surface area contributed by atoms with Gasteiger partial charge in [-0.15, -0.1) is 0 Å². The molecule has 1 aromatic heterocycles. The summed E-state index contributed by atoms with van der Waals surface area (Å²) in [7, 11) is 0. The molecule has 2 aromatic carbocycles. The van der Waals surface area contributed by atoms with Crippen molar-refractivity contribution in [2.45, 2.75) is 13.8 Å². The first kappa shape index (κ1) is 13.2. The number of rotatable bonds is 2. The largest absolute Gasteiger partial charge is 0.508 e. The van der Waals surface area contributed by atoms with E-state index in [0.29, 0.717) is 11.0 Å². The molecule has 2 N–H and O–H groups in total. The molecular weight excluding hydrogens is 266 g/mol. The van der Waals surface area contributed by atoms with Crippen LogP contribution >= 0.6 is 0 Å². The van der Waals surface area contributed by atoms with Crippen LogP contribution in [0.2, 0.25) is 0 Å². The van der Waals surface area contributed by atoms with Gasteiger partial charge in [-0.3, -0.25) is 4.99 Å². The van der Waals surface area contributed by atoms with Crippen LogP contribution in [0.3, 0.4) is 0 Å². The van der Waals surface area contributed by atoms with E-state index in [1.807, 2.05) is 26.0 Å². The Balaban J connectivity index is 2.01. The third kappa shape index (κ3) is 2.60. The van der Waals surface area contributed by atoms with Crippen LogP contribution in [0.4, 0.5) is 5.69 Å². The highest BCUT2D eigenvalue weighted by Gasteiger charge is 2.11. The lowest BCUT2D eigenvalue weighted by Gasteiger charge is -1.98. The number of fused-ring (bicyclic) bond motifs is 1. The van der Waals surface area contributed by atoms with Crippen LogP contribution in [0.25, 0.3) is 11.0 Å².